The Morgan fingerprint density at radius 1 is 1.00 bits per heavy atom. The van der Waals surface area contributed by atoms with E-state index in [0.29, 0.717) is 13.2 Å². The number of hydrogen-bond donors (Lipinski definition) is 1. The van der Waals surface area contributed by atoms with Crippen molar-refractivity contribution in [1.29, 1.82) is 0 Å². The minimum Gasteiger partial charge on any atom is -0.497 e. The van der Waals surface area contributed by atoms with Gasteiger partial charge in [-0.25, -0.2) is 4.98 Å². The van der Waals surface area contributed by atoms with Gasteiger partial charge in [0.25, 0.3) is 0 Å². The first kappa shape index (κ1) is 15.3. The number of nitrogens with zero attached hydrogens (tertiary/aromatic N) is 1. The Labute approximate surface area is 126 Å². The number of rotatable bonds is 8. The predicted molar refractivity (Wildman–Crippen MR) is 84.5 cm³/mol. The number of ether oxygens (including phenoxy) is 2. The second-order valence-electron chi connectivity index (χ2n) is 4.82. The molecule has 0 amide bonds. The summed E-state index contributed by atoms with van der Waals surface area (Å²) in [6.07, 6.45) is 2.94. The van der Waals surface area contributed by atoms with Crippen molar-refractivity contribution in [3.05, 3.63) is 53.7 Å². The molecule has 2 aromatic rings. The van der Waals surface area contributed by atoms with E-state index in [-0.39, 0.29) is 0 Å². The van der Waals surface area contributed by atoms with Crippen LogP contribution in [0.1, 0.15) is 24.5 Å². The first-order valence-corrected chi connectivity index (χ1v) is 7.21. The molecule has 0 radical (unpaired) electrons. The molecule has 0 aliphatic carbocycles. The largest absolute Gasteiger partial charge is 0.497 e. The number of benzene rings is 1. The number of pyridine rings is 1. The van der Waals surface area contributed by atoms with Crippen molar-refractivity contribution in [1.82, 2.24) is 4.98 Å². The zero-order chi connectivity index (χ0) is 14.9. The van der Waals surface area contributed by atoms with Crippen LogP contribution >= 0.6 is 0 Å². The smallest absolute Gasteiger partial charge is 0.125 e. The number of hydrogen-bond acceptors (Lipinski definition) is 4. The molecule has 0 fully saturated rings. The van der Waals surface area contributed by atoms with E-state index in [0.717, 1.165) is 35.7 Å². The Balaban J connectivity index is 1.77. The van der Waals surface area contributed by atoms with Gasteiger partial charge in [0, 0.05) is 12.7 Å². The molecule has 2 rings (SSSR count). The predicted octanol–water partition coefficient (Wildman–Crippen LogP) is 3.63. The Kier molecular flexibility index (Phi) is 6.03. The highest BCUT2D eigenvalue weighted by Gasteiger charge is 1.98. The van der Waals surface area contributed by atoms with Gasteiger partial charge in [-0.1, -0.05) is 25.1 Å². The summed E-state index contributed by atoms with van der Waals surface area (Å²) >= 11 is 0. The molecule has 4 nitrogen and oxygen atoms in total. The van der Waals surface area contributed by atoms with Gasteiger partial charge in [-0.2, -0.15) is 0 Å². The van der Waals surface area contributed by atoms with Crippen LogP contribution in [0.3, 0.4) is 0 Å². The number of methoxy groups -OCH3 is 1. The van der Waals surface area contributed by atoms with Crippen LogP contribution in [0, 0.1) is 0 Å². The zero-order valence-corrected chi connectivity index (χ0v) is 12.6. The first-order chi connectivity index (χ1) is 10.3. The SMILES string of the molecule is CCCNc1ccc(COCc2ccc(OC)cc2)cn1. The summed E-state index contributed by atoms with van der Waals surface area (Å²) in [5.41, 5.74) is 2.20. The average molecular weight is 286 g/mol. The summed E-state index contributed by atoms with van der Waals surface area (Å²) < 4.78 is 10.8. The number of anilines is 1. The molecule has 0 saturated carbocycles. The minimum absolute atomic E-state index is 0.563. The minimum atomic E-state index is 0.563. The van der Waals surface area contributed by atoms with E-state index >= 15 is 0 Å². The van der Waals surface area contributed by atoms with Gasteiger partial charge < -0.3 is 14.8 Å². The third kappa shape index (κ3) is 5.08. The third-order valence-electron chi connectivity index (χ3n) is 3.08. The molecule has 0 aliphatic heterocycles. The molecular weight excluding hydrogens is 264 g/mol. The van der Waals surface area contributed by atoms with Gasteiger partial charge in [0.2, 0.25) is 0 Å². The van der Waals surface area contributed by atoms with Gasteiger partial charge in [-0.3, -0.25) is 0 Å². The van der Waals surface area contributed by atoms with Crippen molar-refractivity contribution >= 4 is 5.82 Å². The second-order valence-corrected chi connectivity index (χ2v) is 4.82. The van der Waals surface area contributed by atoms with Crippen LogP contribution in [0.2, 0.25) is 0 Å². The fraction of sp³-hybridized carbons (Fsp3) is 0.353. The van der Waals surface area contributed by atoms with Gasteiger partial charge in [0.1, 0.15) is 11.6 Å². The van der Waals surface area contributed by atoms with E-state index in [9.17, 15) is 0 Å². The Morgan fingerprint density at radius 3 is 2.33 bits per heavy atom. The highest BCUT2D eigenvalue weighted by atomic mass is 16.5. The Hall–Kier alpha value is -2.07. The van der Waals surface area contributed by atoms with E-state index in [1.807, 2.05) is 42.6 Å². The van der Waals surface area contributed by atoms with E-state index in [1.165, 1.54) is 0 Å². The molecule has 0 atom stereocenters. The van der Waals surface area contributed by atoms with Crippen LogP contribution in [-0.2, 0) is 18.0 Å². The molecule has 0 bridgehead atoms. The van der Waals surface area contributed by atoms with Gasteiger partial charge >= 0.3 is 0 Å². The molecule has 21 heavy (non-hydrogen) atoms. The molecule has 1 aromatic heterocycles. The molecule has 0 spiro atoms. The fourth-order valence-corrected chi connectivity index (χ4v) is 1.88. The summed E-state index contributed by atoms with van der Waals surface area (Å²) in [6.45, 7) is 4.22. The van der Waals surface area contributed by atoms with Crippen LogP contribution < -0.4 is 10.1 Å². The van der Waals surface area contributed by atoms with E-state index < -0.39 is 0 Å². The van der Waals surface area contributed by atoms with Gasteiger partial charge in [0.05, 0.1) is 20.3 Å². The topological polar surface area (TPSA) is 43.4 Å². The molecule has 4 heteroatoms. The van der Waals surface area contributed by atoms with Crippen molar-refractivity contribution in [2.45, 2.75) is 26.6 Å². The zero-order valence-electron chi connectivity index (χ0n) is 12.6. The lowest BCUT2D eigenvalue weighted by molar-refractivity contribution is 0.107. The van der Waals surface area contributed by atoms with Gasteiger partial charge in [-0.15, -0.1) is 0 Å². The number of nitrogens with one attached hydrogen (secondary N) is 1. The molecule has 1 aromatic carbocycles. The highest BCUT2D eigenvalue weighted by molar-refractivity contribution is 5.35. The highest BCUT2D eigenvalue weighted by Crippen LogP contribution is 2.13. The normalized spacial score (nSPS) is 10.4. The van der Waals surface area contributed by atoms with E-state index in [2.05, 4.69) is 17.2 Å². The van der Waals surface area contributed by atoms with Crippen molar-refractivity contribution < 1.29 is 9.47 Å². The van der Waals surface area contributed by atoms with Gasteiger partial charge in [-0.05, 0) is 35.7 Å². The molecule has 1 N–H and O–H groups in total. The van der Waals surface area contributed by atoms with E-state index in [1.54, 1.807) is 7.11 Å². The molecule has 112 valence electrons. The molecule has 0 saturated heterocycles. The monoisotopic (exact) mass is 286 g/mol. The Morgan fingerprint density at radius 2 is 1.71 bits per heavy atom. The first-order valence-electron chi connectivity index (χ1n) is 7.21. The summed E-state index contributed by atoms with van der Waals surface area (Å²) in [5.74, 6) is 1.77. The van der Waals surface area contributed by atoms with Crippen LogP contribution in [0.4, 0.5) is 5.82 Å². The quantitative estimate of drug-likeness (QED) is 0.804. The second kappa shape index (κ2) is 8.27. The van der Waals surface area contributed by atoms with Crippen LogP contribution in [0.5, 0.6) is 5.75 Å². The molecule has 0 aliphatic rings. The third-order valence-corrected chi connectivity index (χ3v) is 3.08. The molecular formula is C17H22N2O2. The van der Waals surface area contributed by atoms with Crippen molar-refractivity contribution in [2.75, 3.05) is 19.0 Å². The summed E-state index contributed by atoms with van der Waals surface area (Å²) in [4.78, 5) is 4.36. The lowest BCUT2D eigenvalue weighted by atomic mass is 10.2. The molecule has 0 unspecified atom stereocenters. The summed E-state index contributed by atoms with van der Waals surface area (Å²) in [7, 11) is 1.66. The van der Waals surface area contributed by atoms with Crippen molar-refractivity contribution in [3.8, 4) is 5.75 Å². The maximum Gasteiger partial charge on any atom is 0.125 e. The Bertz CT molecular complexity index is 523. The summed E-state index contributed by atoms with van der Waals surface area (Å²) in [5, 5.41) is 3.25. The lowest BCUT2D eigenvalue weighted by Crippen LogP contribution is -2.02. The van der Waals surface area contributed by atoms with Gasteiger partial charge in [0.15, 0.2) is 0 Å². The van der Waals surface area contributed by atoms with E-state index in [4.69, 9.17) is 9.47 Å². The van der Waals surface area contributed by atoms with Crippen LogP contribution in [0.25, 0.3) is 0 Å². The standard InChI is InChI=1S/C17H22N2O2/c1-3-10-18-17-9-6-15(11-19-17)13-21-12-14-4-7-16(20-2)8-5-14/h4-9,11H,3,10,12-13H2,1-2H3,(H,18,19). The number of aromatic nitrogens is 1. The van der Waals surface area contributed by atoms with Crippen LogP contribution in [-0.4, -0.2) is 18.6 Å². The fourth-order valence-electron chi connectivity index (χ4n) is 1.88. The average Bonchev–Trinajstić information content (AvgIpc) is 2.55. The van der Waals surface area contributed by atoms with Crippen LogP contribution in [0.15, 0.2) is 42.6 Å². The molecule has 1 heterocycles. The lowest BCUT2D eigenvalue weighted by Gasteiger charge is -2.07. The maximum absolute atomic E-state index is 5.70. The van der Waals surface area contributed by atoms with Crippen molar-refractivity contribution in [2.24, 2.45) is 0 Å². The van der Waals surface area contributed by atoms with Crippen molar-refractivity contribution in [3.63, 3.8) is 0 Å². The maximum atomic E-state index is 5.70. The summed E-state index contributed by atoms with van der Waals surface area (Å²) in [6, 6.07) is 11.9.